The molecule has 18 heavy (non-hydrogen) atoms. The quantitative estimate of drug-likeness (QED) is 0.840. The maximum Gasteiger partial charge on any atom is 0.0804 e. The molecule has 0 aliphatic heterocycles. The first-order valence-electron chi connectivity index (χ1n) is 6.46. The Labute approximate surface area is 118 Å². The summed E-state index contributed by atoms with van der Waals surface area (Å²) < 4.78 is 8.62. The molecule has 2 unspecified atom stereocenters. The van der Waals surface area contributed by atoms with Gasteiger partial charge in [-0.1, -0.05) is 20.8 Å². The zero-order valence-corrected chi connectivity index (χ0v) is 13.5. The molecule has 5 heteroatoms. The molecule has 104 valence electrons. The second kappa shape index (κ2) is 7.26. The molecule has 1 N–H and O–H groups in total. The highest BCUT2D eigenvalue weighted by Gasteiger charge is 2.29. The van der Waals surface area contributed by atoms with Crippen molar-refractivity contribution in [3.63, 3.8) is 0 Å². The molecular weight excluding hydrogens is 294 g/mol. The molecular formula is C13H24BrN3O. The summed E-state index contributed by atoms with van der Waals surface area (Å²) in [4.78, 5) is 0. The Morgan fingerprint density at radius 1 is 1.50 bits per heavy atom. The largest absolute Gasteiger partial charge is 0.379 e. The van der Waals surface area contributed by atoms with E-state index in [4.69, 9.17) is 4.74 Å². The maximum atomic E-state index is 5.68. The molecule has 2 atom stereocenters. The molecule has 1 aromatic heterocycles. The highest BCUT2D eigenvalue weighted by molar-refractivity contribution is 9.10. The SMILES string of the molecule is CCCNC(c1c(Br)cnn1C)C(OC)C(C)C. The first-order chi connectivity index (χ1) is 8.52. The van der Waals surface area contributed by atoms with Gasteiger partial charge in [-0.15, -0.1) is 0 Å². The van der Waals surface area contributed by atoms with Crippen molar-refractivity contribution >= 4 is 15.9 Å². The van der Waals surface area contributed by atoms with Crippen LogP contribution in [-0.2, 0) is 11.8 Å². The van der Waals surface area contributed by atoms with Crippen LogP contribution in [0.3, 0.4) is 0 Å². The summed E-state index contributed by atoms with van der Waals surface area (Å²) in [6.45, 7) is 7.49. The van der Waals surface area contributed by atoms with Crippen molar-refractivity contribution in [2.45, 2.75) is 39.3 Å². The molecule has 0 aliphatic rings. The number of rotatable bonds is 7. The summed E-state index contributed by atoms with van der Waals surface area (Å²) in [5, 5.41) is 7.87. The van der Waals surface area contributed by atoms with Crippen LogP contribution in [0.15, 0.2) is 10.7 Å². The van der Waals surface area contributed by atoms with Crippen LogP contribution in [-0.4, -0.2) is 29.5 Å². The number of aromatic nitrogens is 2. The van der Waals surface area contributed by atoms with Gasteiger partial charge in [0.05, 0.1) is 28.5 Å². The minimum atomic E-state index is 0.128. The summed E-state index contributed by atoms with van der Waals surface area (Å²) >= 11 is 3.58. The van der Waals surface area contributed by atoms with Crippen molar-refractivity contribution in [3.05, 3.63) is 16.4 Å². The van der Waals surface area contributed by atoms with E-state index < -0.39 is 0 Å². The predicted octanol–water partition coefficient (Wildman–Crippen LogP) is 2.89. The van der Waals surface area contributed by atoms with E-state index in [9.17, 15) is 0 Å². The first kappa shape index (κ1) is 15.7. The number of halogens is 1. The van der Waals surface area contributed by atoms with Gasteiger partial charge in [-0.2, -0.15) is 5.10 Å². The minimum Gasteiger partial charge on any atom is -0.379 e. The van der Waals surface area contributed by atoms with Crippen LogP contribution in [0, 0.1) is 5.92 Å². The molecule has 0 spiro atoms. The van der Waals surface area contributed by atoms with Crippen LogP contribution < -0.4 is 5.32 Å². The van der Waals surface area contributed by atoms with Crippen LogP contribution in [0.1, 0.15) is 38.9 Å². The average molecular weight is 318 g/mol. The Balaban J connectivity index is 3.04. The van der Waals surface area contributed by atoms with Gasteiger partial charge < -0.3 is 10.1 Å². The van der Waals surface area contributed by atoms with Gasteiger partial charge in [0.15, 0.2) is 0 Å². The zero-order valence-electron chi connectivity index (χ0n) is 11.9. The van der Waals surface area contributed by atoms with Gasteiger partial charge in [0.2, 0.25) is 0 Å². The first-order valence-corrected chi connectivity index (χ1v) is 7.25. The fourth-order valence-electron chi connectivity index (χ4n) is 2.23. The molecule has 0 bridgehead atoms. The van der Waals surface area contributed by atoms with Crippen LogP contribution in [0.4, 0.5) is 0 Å². The smallest absolute Gasteiger partial charge is 0.0804 e. The Hall–Kier alpha value is -0.390. The second-order valence-electron chi connectivity index (χ2n) is 4.88. The Bertz CT molecular complexity index is 346. The van der Waals surface area contributed by atoms with Crippen molar-refractivity contribution in [2.75, 3.05) is 13.7 Å². The molecule has 4 nitrogen and oxygen atoms in total. The van der Waals surface area contributed by atoms with Gasteiger partial charge in [0.1, 0.15) is 0 Å². The highest BCUT2D eigenvalue weighted by Crippen LogP contribution is 2.29. The standard InChI is InChI=1S/C13H24BrN3O/c1-6-7-15-11(13(18-5)9(2)3)12-10(14)8-16-17(12)4/h8-9,11,13,15H,6-7H2,1-5H3. The molecule has 0 fully saturated rings. The molecule has 0 aliphatic carbocycles. The Morgan fingerprint density at radius 2 is 2.17 bits per heavy atom. The lowest BCUT2D eigenvalue weighted by Gasteiger charge is -2.30. The van der Waals surface area contributed by atoms with E-state index >= 15 is 0 Å². The summed E-state index contributed by atoms with van der Waals surface area (Å²) in [6, 6.07) is 0.150. The molecule has 1 rings (SSSR count). The zero-order chi connectivity index (χ0) is 13.7. The Kier molecular flexibility index (Phi) is 6.32. The minimum absolute atomic E-state index is 0.128. The fourth-order valence-corrected chi connectivity index (χ4v) is 2.83. The third kappa shape index (κ3) is 3.56. The Morgan fingerprint density at radius 3 is 2.56 bits per heavy atom. The van der Waals surface area contributed by atoms with E-state index in [1.807, 2.05) is 17.9 Å². The fraction of sp³-hybridized carbons (Fsp3) is 0.769. The van der Waals surface area contributed by atoms with Crippen molar-refractivity contribution in [1.82, 2.24) is 15.1 Å². The van der Waals surface area contributed by atoms with Crippen LogP contribution in [0.5, 0.6) is 0 Å². The molecule has 1 aromatic rings. The third-order valence-electron chi connectivity index (χ3n) is 3.10. The number of nitrogens with one attached hydrogen (secondary N) is 1. The summed E-state index contributed by atoms with van der Waals surface area (Å²) in [5.74, 6) is 0.436. The maximum absolute atomic E-state index is 5.68. The molecule has 0 amide bonds. The molecule has 0 saturated carbocycles. The number of ether oxygens (including phenoxy) is 1. The van der Waals surface area contributed by atoms with Crippen molar-refractivity contribution in [3.8, 4) is 0 Å². The lowest BCUT2D eigenvalue weighted by atomic mass is 9.96. The van der Waals surface area contributed by atoms with Crippen LogP contribution in [0.25, 0.3) is 0 Å². The predicted molar refractivity (Wildman–Crippen MR) is 77.6 cm³/mol. The monoisotopic (exact) mass is 317 g/mol. The molecule has 0 radical (unpaired) electrons. The van der Waals surface area contributed by atoms with E-state index in [1.54, 1.807) is 7.11 Å². The van der Waals surface area contributed by atoms with E-state index in [0.717, 1.165) is 23.1 Å². The number of nitrogens with zero attached hydrogens (tertiary/aromatic N) is 2. The molecule has 0 aromatic carbocycles. The van der Waals surface area contributed by atoms with Crippen molar-refractivity contribution in [2.24, 2.45) is 13.0 Å². The van der Waals surface area contributed by atoms with Gasteiger partial charge in [0.25, 0.3) is 0 Å². The van der Waals surface area contributed by atoms with Crippen molar-refractivity contribution in [1.29, 1.82) is 0 Å². The van der Waals surface area contributed by atoms with Crippen LogP contribution >= 0.6 is 15.9 Å². The average Bonchev–Trinajstić information content (AvgIpc) is 2.64. The lowest BCUT2D eigenvalue weighted by Crippen LogP contribution is -2.38. The van der Waals surface area contributed by atoms with Crippen molar-refractivity contribution < 1.29 is 4.74 Å². The van der Waals surface area contributed by atoms with Gasteiger partial charge in [-0.05, 0) is 34.8 Å². The van der Waals surface area contributed by atoms with E-state index in [0.29, 0.717) is 5.92 Å². The summed E-state index contributed by atoms with van der Waals surface area (Å²) in [7, 11) is 3.74. The van der Waals surface area contributed by atoms with Crippen LogP contribution in [0.2, 0.25) is 0 Å². The summed E-state index contributed by atoms with van der Waals surface area (Å²) in [5.41, 5.74) is 1.14. The topological polar surface area (TPSA) is 39.1 Å². The van der Waals surface area contributed by atoms with Gasteiger partial charge in [-0.3, -0.25) is 4.68 Å². The second-order valence-corrected chi connectivity index (χ2v) is 5.73. The number of aryl methyl sites for hydroxylation is 1. The van der Waals surface area contributed by atoms with Gasteiger partial charge in [-0.25, -0.2) is 0 Å². The van der Waals surface area contributed by atoms with E-state index in [2.05, 4.69) is 47.1 Å². The van der Waals surface area contributed by atoms with Gasteiger partial charge in [0, 0.05) is 14.2 Å². The number of hydrogen-bond donors (Lipinski definition) is 1. The molecule has 1 heterocycles. The number of hydrogen-bond acceptors (Lipinski definition) is 3. The number of methoxy groups -OCH3 is 1. The normalized spacial score (nSPS) is 15.1. The van der Waals surface area contributed by atoms with E-state index in [-0.39, 0.29) is 12.1 Å². The highest BCUT2D eigenvalue weighted by atomic mass is 79.9. The summed E-state index contributed by atoms with van der Waals surface area (Å²) in [6.07, 6.45) is 3.06. The van der Waals surface area contributed by atoms with Gasteiger partial charge >= 0.3 is 0 Å². The van der Waals surface area contributed by atoms with E-state index in [1.165, 1.54) is 0 Å². The lowest BCUT2D eigenvalue weighted by molar-refractivity contribution is 0.0302. The third-order valence-corrected chi connectivity index (χ3v) is 3.72. The molecule has 0 saturated heterocycles.